The van der Waals surface area contributed by atoms with Crippen LogP contribution < -0.4 is 10.6 Å². The highest BCUT2D eigenvalue weighted by atomic mass is 16.5. The van der Waals surface area contributed by atoms with Crippen molar-refractivity contribution in [2.24, 2.45) is 0 Å². The van der Waals surface area contributed by atoms with Crippen LogP contribution in [0.1, 0.15) is 34.8 Å². The van der Waals surface area contributed by atoms with E-state index in [1.807, 2.05) is 6.07 Å². The second-order valence-electron chi connectivity index (χ2n) is 8.34. The molecule has 0 aromatic heterocycles. The Balaban J connectivity index is 1.71. The molecule has 2 aromatic rings. The summed E-state index contributed by atoms with van der Waals surface area (Å²) in [6, 6.07) is 11.4. The fourth-order valence-electron chi connectivity index (χ4n) is 3.72. The van der Waals surface area contributed by atoms with Gasteiger partial charge >= 0.3 is 0 Å². The predicted octanol–water partition coefficient (Wildman–Crippen LogP) is 2.69. The molecule has 0 aliphatic heterocycles. The van der Waals surface area contributed by atoms with Crippen LogP contribution in [0.4, 0.5) is 5.69 Å². The first-order chi connectivity index (χ1) is 16.9. The third-order valence-corrected chi connectivity index (χ3v) is 5.67. The number of aliphatic hydroxyl groups is 1. The topological polar surface area (TPSA) is 111 Å². The lowest BCUT2D eigenvalue weighted by molar-refractivity contribution is -0.131. The smallest absolute Gasteiger partial charge is 0.224 e. The summed E-state index contributed by atoms with van der Waals surface area (Å²) < 4.78 is 5.62. The minimum absolute atomic E-state index is 0.00128. The van der Waals surface area contributed by atoms with E-state index >= 15 is 0 Å². The SMILES string of the molecule is CNc1c(O)ccc(C(O)CNCCN(C)C(=O)CCOCCc2cccc(C)c2)c1/C=C\C=O. The van der Waals surface area contributed by atoms with E-state index in [0.717, 1.165) is 6.42 Å². The molecule has 0 aliphatic carbocycles. The molecule has 8 nitrogen and oxygen atoms in total. The lowest BCUT2D eigenvalue weighted by Crippen LogP contribution is -2.35. The Morgan fingerprint density at radius 2 is 2.03 bits per heavy atom. The van der Waals surface area contributed by atoms with E-state index in [1.54, 1.807) is 31.1 Å². The zero-order chi connectivity index (χ0) is 25.6. The number of amides is 1. The first kappa shape index (κ1) is 28.0. The number of aryl methyl sites for hydroxylation is 1. The van der Waals surface area contributed by atoms with Crippen molar-refractivity contribution in [3.05, 3.63) is 64.7 Å². The molecule has 2 aromatic carbocycles. The minimum atomic E-state index is -0.864. The van der Waals surface area contributed by atoms with Gasteiger partial charge in [0.15, 0.2) is 0 Å². The highest BCUT2D eigenvalue weighted by Gasteiger charge is 2.16. The van der Waals surface area contributed by atoms with Gasteiger partial charge in [-0.25, -0.2) is 0 Å². The molecule has 8 heteroatoms. The number of carbonyl (C=O) groups excluding carboxylic acids is 2. The van der Waals surface area contributed by atoms with Crippen LogP contribution >= 0.6 is 0 Å². The number of aromatic hydroxyl groups is 1. The maximum Gasteiger partial charge on any atom is 0.224 e. The van der Waals surface area contributed by atoms with Crippen molar-refractivity contribution in [1.82, 2.24) is 10.2 Å². The second-order valence-corrected chi connectivity index (χ2v) is 8.34. The fraction of sp³-hybridized carbons (Fsp3) is 0.407. The van der Waals surface area contributed by atoms with Crippen LogP contribution in [-0.4, -0.2) is 74.2 Å². The summed E-state index contributed by atoms with van der Waals surface area (Å²) in [4.78, 5) is 24.7. The van der Waals surface area contributed by atoms with Crippen molar-refractivity contribution < 1.29 is 24.5 Å². The number of rotatable bonds is 15. The van der Waals surface area contributed by atoms with Crippen LogP contribution in [0.2, 0.25) is 0 Å². The summed E-state index contributed by atoms with van der Waals surface area (Å²) in [7, 11) is 3.40. The third-order valence-electron chi connectivity index (χ3n) is 5.67. The number of hydrogen-bond donors (Lipinski definition) is 4. The molecule has 0 radical (unpaired) electrons. The van der Waals surface area contributed by atoms with Crippen LogP contribution in [0.3, 0.4) is 0 Å². The largest absolute Gasteiger partial charge is 0.506 e. The van der Waals surface area contributed by atoms with Crippen molar-refractivity contribution >= 4 is 24.0 Å². The molecule has 35 heavy (non-hydrogen) atoms. The average molecular weight is 484 g/mol. The van der Waals surface area contributed by atoms with Crippen LogP contribution in [0, 0.1) is 6.92 Å². The minimum Gasteiger partial charge on any atom is -0.506 e. The maximum absolute atomic E-state index is 12.3. The number of phenols is 1. The Morgan fingerprint density at radius 3 is 2.74 bits per heavy atom. The number of nitrogens with one attached hydrogen (secondary N) is 2. The molecule has 190 valence electrons. The van der Waals surface area contributed by atoms with Crippen molar-refractivity contribution in [3.8, 4) is 5.75 Å². The molecular weight excluding hydrogens is 446 g/mol. The van der Waals surface area contributed by atoms with Gasteiger partial charge < -0.3 is 30.5 Å². The fourth-order valence-corrected chi connectivity index (χ4v) is 3.72. The number of allylic oxidation sites excluding steroid dienone is 1. The molecule has 1 amide bonds. The highest BCUT2D eigenvalue weighted by Crippen LogP contribution is 2.33. The zero-order valence-electron chi connectivity index (χ0n) is 20.8. The van der Waals surface area contributed by atoms with Gasteiger partial charge in [0.25, 0.3) is 0 Å². The standard InChI is InChI=1S/C27H37N3O5/c1-20-6-4-7-21(18-20)11-16-35-17-12-26(34)30(3)14-13-29-19-25(33)22-9-10-24(32)27(28-2)23(22)8-5-15-31/h4-10,15,18,25,28-29,32-33H,11-14,16-17,19H2,1-3H3/b8-5-. The number of likely N-dealkylation sites (N-methyl/N-ethyl adjacent to an activating group) is 1. The number of anilines is 1. The van der Waals surface area contributed by atoms with Gasteiger partial charge in [-0.05, 0) is 42.7 Å². The Kier molecular flexibility index (Phi) is 12.0. The summed E-state index contributed by atoms with van der Waals surface area (Å²) in [6.07, 6.45) is 3.77. The van der Waals surface area contributed by atoms with Crippen molar-refractivity contribution in [2.75, 3.05) is 52.3 Å². The molecule has 0 aliphatic rings. The summed E-state index contributed by atoms with van der Waals surface area (Å²) >= 11 is 0. The first-order valence-corrected chi connectivity index (χ1v) is 11.8. The Bertz CT molecular complexity index is 993. The molecule has 0 saturated carbocycles. The zero-order valence-corrected chi connectivity index (χ0v) is 20.8. The Labute approximate surface area is 207 Å². The molecule has 2 rings (SSSR count). The number of aliphatic hydroxyl groups excluding tert-OH is 1. The van der Waals surface area contributed by atoms with Crippen LogP contribution in [0.25, 0.3) is 6.08 Å². The number of ether oxygens (including phenoxy) is 1. The highest BCUT2D eigenvalue weighted by molar-refractivity contribution is 5.81. The van der Waals surface area contributed by atoms with Gasteiger partial charge in [-0.1, -0.05) is 35.9 Å². The number of hydrogen-bond acceptors (Lipinski definition) is 7. The van der Waals surface area contributed by atoms with E-state index in [-0.39, 0.29) is 18.2 Å². The quantitative estimate of drug-likeness (QED) is 0.133. The van der Waals surface area contributed by atoms with E-state index in [0.29, 0.717) is 55.8 Å². The van der Waals surface area contributed by atoms with Crippen LogP contribution in [-0.2, 0) is 20.7 Å². The van der Waals surface area contributed by atoms with E-state index in [4.69, 9.17) is 4.74 Å². The lowest BCUT2D eigenvalue weighted by Gasteiger charge is -2.20. The number of phenolic OH excluding ortho intramolecular Hbond substituents is 1. The Hall–Kier alpha value is -3.20. The molecule has 1 unspecified atom stereocenters. The van der Waals surface area contributed by atoms with Gasteiger partial charge in [0, 0.05) is 39.3 Å². The van der Waals surface area contributed by atoms with Gasteiger partial charge in [-0.3, -0.25) is 9.59 Å². The van der Waals surface area contributed by atoms with Gasteiger partial charge in [-0.2, -0.15) is 0 Å². The second kappa shape index (κ2) is 14.9. The van der Waals surface area contributed by atoms with Gasteiger partial charge in [0.1, 0.15) is 12.0 Å². The van der Waals surface area contributed by atoms with E-state index in [2.05, 4.69) is 35.8 Å². The third kappa shape index (κ3) is 9.16. The predicted molar refractivity (Wildman–Crippen MR) is 139 cm³/mol. The first-order valence-electron chi connectivity index (χ1n) is 11.8. The van der Waals surface area contributed by atoms with E-state index < -0.39 is 6.10 Å². The number of benzene rings is 2. The molecule has 0 heterocycles. The van der Waals surface area contributed by atoms with Gasteiger partial charge in [0.2, 0.25) is 5.91 Å². The lowest BCUT2D eigenvalue weighted by atomic mass is 9.99. The molecule has 1 atom stereocenters. The van der Waals surface area contributed by atoms with Crippen molar-refractivity contribution in [3.63, 3.8) is 0 Å². The molecule has 0 spiro atoms. The van der Waals surface area contributed by atoms with Crippen LogP contribution in [0.15, 0.2) is 42.5 Å². The number of carbonyl (C=O) groups is 2. The molecule has 0 bridgehead atoms. The summed E-state index contributed by atoms with van der Waals surface area (Å²) in [5.41, 5.74) is 4.00. The summed E-state index contributed by atoms with van der Waals surface area (Å²) in [5.74, 6) is 0.0302. The Morgan fingerprint density at radius 1 is 1.23 bits per heavy atom. The van der Waals surface area contributed by atoms with Crippen molar-refractivity contribution in [1.29, 1.82) is 0 Å². The molecular formula is C27H37N3O5. The maximum atomic E-state index is 12.3. The number of aldehydes is 1. The van der Waals surface area contributed by atoms with Crippen LogP contribution in [0.5, 0.6) is 5.75 Å². The summed E-state index contributed by atoms with van der Waals surface area (Å²) in [6.45, 7) is 4.27. The van der Waals surface area contributed by atoms with Crippen molar-refractivity contribution in [2.45, 2.75) is 25.9 Å². The molecule has 4 N–H and O–H groups in total. The molecule has 0 saturated heterocycles. The monoisotopic (exact) mass is 483 g/mol. The van der Waals surface area contributed by atoms with Gasteiger partial charge in [0.05, 0.1) is 31.4 Å². The molecule has 0 fully saturated rings. The van der Waals surface area contributed by atoms with E-state index in [1.165, 1.54) is 23.3 Å². The number of nitrogens with zero attached hydrogens (tertiary/aromatic N) is 1. The van der Waals surface area contributed by atoms with E-state index in [9.17, 15) is 19.8 Å². The normalized spacial score (nSPS) is 12.0. The summed E-state index contributed by atoms with van der Waals surface area (Å²) in [5, 5.41) is 26.8. The average Bonchev–Trinajstić information content (AvgIpc) is 2.84. The van der Waals surface area contributed by atoms with Gasteiger partial charge in [-0.15, -0.1) is 0 Å².